The van der Waals surface area contributed by atoms with Crippen molar-refractivity contribution in [1.29, 1.82) is 5.26 Å². The SMILES string of the molecule is N#CCCCC[C@@H](NC(=O)C[C@@H](O)CNC(=O)OCc1ccccc1)C(=O)O. The number of aliphatic hydroxyl groups is 1. The van der Waals surface area contributed by atoms with E-state index >= 15 is 0 Å². The maximum Gasteiger partial charge on any atom is 0.407 e. The van der Waals surface area contributed by atoms with Gasteiger partial charge in [0.15, 0.2) is 0 Å². The van der Waals surface area contributed by atoms with Crippen LogP contribution in [-0.4, -0.2) is 46.9 Å². The molecule has 0 bridgehead atoms. The Kier molecular flexibility index (Phi) is 10.7. The lowest BCUT2D eigenvalue weighted by atomic mass is 10.1. The molecule has 0 fully saturated rings. The number of alkyl carbamates (subject to hydrolysis) is 1. The number of aliphatic carboxylic acids is 1. The van der Waals surface area contributed by atoms with Gasteiger partial charge in [-0.05, 0) is 24.8 Å². The molecule has 0 aliphatic carbocycles. The lowest BCUT2D eigenvalue weighted by Crippen LogP contribution is -2.43. The molecule has 0 aliphatic heterocycles. The van der Waals surface area contributed by atoms with Crippen LogP contribution in [0.1, 0.15) is 37.7 Å². The highest BCUT2D eigenvalue weighted by atomic mass is 16.5. The Hall–Kier alpha value is -3.12. The van der Waals surface area contributed by atoms with E-state index in [-0.39, 0.29) is 26.0 Å². The van der Waals surface area contributed by atoms with Gasteiger partial charge in [0.05, 0.1) is 18.6 Å². The van der Waals surface area contributed by atoms with Crippen LogP contribution in [0, 0.1) is 11.3 Å². The Morgan fingerprint density at radius 3 is 2.54 bits per heavy atom. The molecule has 0 saturated heterocycles. The number of nitrogens with zero attached hydrogens (tertiary/aromatic N) is 1. The van der Waals surface area contributed by atoms with Gasteiger partial charge in [-0.15, -0.1) is 0 Å². The molecule has 0 radical (unpaired) electrons. The third-order valence-electron chi connectivity index (χ3n) is 3.78. The van der Waals surface area contributed by atoms with Crippen LogP contribution in [0.15, 0.2) is 30.3 Å². The number of aliphatic hydroxyl groups excluding tert-OH is 1. The number of carboxylic acids is 1. The van der Waals surface area contributed by atoms with Crippen molar-refractivity contribution in [3.63, 3.8) is 0 Å². The normalized spacial score (nSPS) is 12.3. The number of hydrogen-bond acceptors (Lipinski definition) is 6. The van der Waals surface area contributed by atoms with E-state index < -0.39 is 30.1 Å². The maximum absolute atomic E-state index is 11.9. The number of ether oxygens (including phenoxy) is 1. The van der Waals surface area contributed by atoms with Crippen molar-refractivity contribution in [2.75, 3.05) is 6.54 Å². The van der Waals surface area contributed by atoms with Crippen LogP contribution >= 0.6 is 0 Å². The fourth-order valence-electron chi connectivity index (χ4n) is 2.32. The molecule has 0 aliphatic rings. The van der Waals surface area contributed by atoms with Gasteiger partial charge >= 0.3 is 12.1 Å². The summed E-state index contributed by atoms with van der Waals surface area (Å²) in [5.74, 6) is -1.82. The molecule has 152 valence electrons. The molecule has 28 heavy (non-hydrogen) atoms. The van der Waals surface area contributed by atoms with Crippen LogP contribution in [-0.2, 0) is 20.9 Å². The van der Waals surface area contributed by atoms with Crippen LogP contribution in [0.3, 0.4) is 0 Å². The van der Waals surface area contributed by atoms with Gasteiger partial charge in [-0.2, -0.15) is 5.26 Å². The summed E-state index contributed by atoms with van der Waals surface area (Å²) < 4.78 is 4.98. The maximum atomic E-state index is 11.9. The van der Waals surface area contributed by atoms with Crippen LogP contribution < -0.4 is 10.6 Å². The quantitative estimate of drug-likeness (QED) is 0.393. The highest BCUT2D eigenvalue weighted by molar-refractivity contribution is 5.83. The van der Waals surface area contributed by atoms with E-state index in [0.717, 1.165) is 5.56 Å². The molecule has 2 amide bonds. The van der Waals surface area contributed by atoms with Crippen molar-refractivity contribution in [2.24, 2.45) is 0 Å². The third-order valence-corrected chi connectivity index (χ3v) is 3.78. The van der Waals surface area contributed by atoms with E-state index in [9.17, 15) is 19.5 Å². The lowest BCUT2D eigenvalue weighted by molar-refractivity contribution is -0.142. The zero-order chi connectivity index (χ0) is 20.8. The first kappa shape index (κ1) is 22.9. The second-order valence-corrected chi connectivity index (χ2v) is 6.16. The summed E-state index contributed by atoms with van der Waals surface area (Å²) in [6.45, 7) is -0.129. The number of rotatable bonds is 12. The summed E-state index contributed by atoms with van der Waals surface area (Å²) in [6.07, 6.45) is -0.716. The first-order chi connectivity index (χ1) is 13.4. The van der Waals surface area contributed by atoms with Crippen LogP contribution in [0.5, 0.6) is 0 Å². The number of benzene rings is 1. The predicted molar refractivity (Wildman–Crippen MR) is 98.9 cm³/mol. The number of hydrogen-bond donors (Lipinski definition) is 4. The minimum absolute atomic E-state index is 0.0787. The number of unbranched alkanes of at least 4 members (excludes halogenated alkanes) is 2. The standard InChI is InChI=1S/C19H25N3O6/c20-10-6-2-5-9-16(18(25)26)22-17(24)11-15(23)12-21-19(27)28-13-14-7-3-1-4-8-14/h1,3-4,7-8,15-16,23H,2,5-6,9,11-13H2,(H,21,27)(H,22,24)(H,25,26)/t15-,16-/m1/s1. The number of carbonyl (C=O) groups excluding carboxylic acids is 2. The topological polar surface area (TPSA) is 149 Å². The van der Waals surface area contributed by atoms with Gasteiger partial charge in [-0.25, -0.2) is 9.59 Å². The highest BCUT2D eigenvalue weighted by Gasteiger charge is 2.21. The molecule has 0 unspecified atom stereocenters. The van der Waals surface area contributed by atoms with E-state index in [1.165, 1.54) is 0 Å². The van der Waals surface area contributed by atoms with Gasteiger partial charge in [0.2, 0.25) is 5.91 Å². The molecule has 0 saturated carbocycles. The summed E-state index contributed by atoms with van der Waals surface area (Å²) in [5, 5.41) is 32.1. The molecule has 2 atom stereocenters. The average Bonchev–Trinajstić information content (AvgIpc) is 2.67. The van der Waals surface area contributed by atoms with E-state index in [4.69, 9.17) is 15.1 Å². The number of nitriles is 1. The number of amides is 2. The fourth-order valence-corrected chi connectivity index (χ4v) is 2.32. The smallest absolute Gasteiger partial charge is 0.407 e. The first-order valence-electron chi connectivity index (χ1n) is 8.94. The van der Waals surface area contributed by atoms with Gasteiger partial charge in [0.1, 0.15) is 12.6 Å². The van der Waals surface area contributed by atoms with Gasteiger partial charge in [-0.3, -0.25) is 4.79 Å². The monoisotopic (exact) mass is 391 g/mol. The van der Waals surface area contributed by atoms with E-state index in [0.29, 0.717) is 19.3 Å². The van der Waals surface area contributed by atoms with Crippen molar-refractivity contribution in [1.82, 2.24) is 10.6 Å². The summed E-state index contributed by atoms with van der Waals surface area (Å²) in [6, 6.07) is 9.94. The van der Waals surface area contributed by atoms with Crippen LogP contribution in [0.2, 0.25) is 0 Å². The van der Waals surface area contributed by atoms with Gasteiger partial charge in [0.25, 0.3) is 0 Å². The molecule has 1 rings (SSSR count). The molecular weight excluding hydrogens is 366 g/mol. The summed E-state index contributed by atoms with van der Waals surface area (Å²) in [5.41, 5.74) is 0.812. The highest BCUT2D eigenvalue weighted by Crippen LogP contribution is 2.05. The summed E-state index contributed by atoms with van der Waals surface area (Å²) in [4.78, 5) is 34.7. The number of carbonyl (C=O) groups is 3. The Balaban J connectivity index is 2.27. The molecule has 9 nitrogen and oxygen atoms in total. The van der Waals surface area contributed by atoms with E-state index in [2.05, 4.69) is 10.6 Å². The van der Waals surface area contributed by atoms with Crippen LogP contribution in [0.25, 0.3) is 0 Å². The predicted octanol–water partition coefficient (Wildman–Crippen LogP) is 1.32. The zero-order valence-electron chi connectivity index (χ0n) is 15.5. The summed E-state index contributed by atoms with van der Waals surface area (Å²) in [7, 11) is 0. The first-order valence-corrected chi connectivity index (χ1v) is 8.94. The minimum atomic E-state index is -1.18. The molecule has 4 N–H and O–H groups in total. The third kappa shape index (κ3) is 10.1. The Morgan fingerprint density at radius 2 is 1.89 bits per heavy atom. The second kappa shape index (κ2) is 13.1. The molecule has 1 aromatic carbocycles. The van der Waals surface area contributed by atoms with Crippen molar-refractivity contribution < 1.29 is 29.3 Å². The fraction of sp³-hybridized carbons (Fsp3) is 0.474. The molecule has 1 aromatic rings. The van der Waals surface area contributed by atoms with Crippen molar-refractivity contribution >= 4 is 18.0 Å². The number of carboxylic acid groups (broad SMARTS) is 1. The average molecular weight is 391 g/mol. The van der Waals surface area contributed by atoms with Gasteiger partial charge in [0, 0.05) is 13.0 Å². The van der Waals surface area contributed by atoms with Crippen molar-refractivity contribution in [2.45, 2.75) is 50.9 Å². The Labute approximate surface area is 163 Å². The molecule has 9 heteroatoms. The molecule has 0 spiro atoms. The minimum Gasteiger partial charge on any atom is -0.480 e. The largest absolute Gasteiger partial charge is 0.480 e. The van der Waals surface area contributed by atoms with Crippen LogP contribution in [0.4, 0.5) is 4.79 Å². The molecule has 0 heterocycles. The van der Waals surface area contributed by atoms with E-state index in [1.54, 1.807) is 12.1 Å². The Morgan fingerprint density at radius 1 is 1.18 bits per heavy atom. The number of nitrogens with one attached hydrogen (secondary N) is 2. The molecular formula is C19H25N3O6. The van der Waals surface area contributed by atoms with Gasteiger partial charge < -0.3 is 25.6 Å². The zero-order valence-corrected chi connectivity index (χ0v) is 15.5. The second-order valence-electron chi connectivity index (χ2n) is 6.16. The Bertz CT molecular complexity index is 674. The van der Waals surface area contributed by atoms with Crippen molar-refractivity contribution in [3.8, 4) is 6.07 Å². The summed E-state index contributed by atoms with van der Waals surface area (Å²) >= 11 is 0. The lowest BCUT2D eigenvalue weighted by Gasteiger charge is -2.16. The van der Waals surface area contributed by atoms with Gasteiger partial charge in [-0.1, -0.05) is 30.3 Å². The molecule has 0 aromatic heterocycles. The van der Waals surface area contributed by atoms with Crippen molar-refractivity contribution in [3.05, 3.63) is 35.9 Å². The van der Waals surface area contributed by atoms with E-state index in [1.807, 2.05) is 24.3 Å².